The van der Waals surface area contributed by atoms with Gasteiger partial charge < -0.3 is 5.73 Å². The van der Waals surface area contributed by atoms with Crippen molar-refractivity contribution in [3.8, 4) is 17.1 Å². The number of hydrogen-bond acceptors (Lipinski definition) is 6. The molecular formula is C10H8N6S. The van der Waals surface area contributed by atoms with Gasteiger partial charge in [-0.1, -0.05) is 0 Å². The van der Waals surface area contributed by atoms with Crippen LogP contribution in [0.5, 0.6) is 0 Å². The van der Waals surface area contributed by atoms with Crippen molar-refractivity contribution in [2.24, 2.45) is 0 Å². The molecule has 17 heavy (non-hydrogen) atoms. The van der Waals surface area contributed by atoms with Crippen molar-refractivity contribution in [2.45, 2.75) is 0 Å². The van der Waals surface area contributed by atoms with Crippen LogP contribution in [0.15, 0.2) is 36.4 Å². The van der Waals surface area contributed by atoms with E-state index >= 15 is 0 Å². The predicted molar refractivity (Wildman–Crippen MR) is 64.7 cm³/mol. The molecule has 0 aliphatic carbocycles. The summed E-state index contributed by atoms with van der Waals surface area (Å²) in [6, 6.07) is 3.79. The zero-order valence-corrected chi connectivity index (χ0v) is 9.50. The van der Waals surface area contributed by atoms with E-state index in [0.29, 0.717) is 5.13 Å². The van der Waals surface area contributed by atoms with Crippen LogP contribution in [0.4, 0.5) is 5.13 Å². The van der Waals surface area contributed by atoms with Gasteiger partial charge in [-0.2, -0.15) is 5.10 Å². The minimum absolute atomic E-state index is 0.556. The van der Waals surface area contributed by atoms with E-state index in [1.807, 2.05) is 17.5 Å². The van der Waals surface area contributed by atoms with Gasteiger partial charge in [-0.25, -0.2) is 19.6 Å². The first kappa shape index (κ1) is 9.91. The molecule has 6 nitrogen and oxygen atoms in total. The Labute approximate surface area is 101 Å². The minimum atomic E-state index is 0.556. The SMILES string of the molecule is Nc1nc(-c2ccc(-n3cncn3)nc2)cs1. The third-order valence-electron chi connectivity index (χ3n) is 2.22. The molecule has 0 aliphatic heterocycles. The maximum absolute atomic E-state index is 5.59. The second kappa shape index (κ2) is 3.95. The maximum atomic E-state index is 5.59. The zero-order valence-electron chi connectivity index (χ0n) is 8.69. The highest BCUT2D eigenvalue weighted by molar-refractivity contribution is 7.13. The Bertz CT molecular complexity index is 613. The molecule has 0 fully saturated rings. The number of pyridine rings is 1. The van der Waals surface area contributed by atoms with Crippen molar-refractivity contribution in [3.05, 3.63) is 36.4 Å². The van der Waals surface area contributed by atoms with Crippen LogP contribution < -0.4 is 5.73 Å². The highest BCUT2D eigenvalue weighted by Gasteiger charge is 2.04. The third kappa shape index (κ3) is 1.87. The first-order chi connectivity index (χ1) is 8.33. The molecule has 3 aromatic heterocycles. The third-order valence-corrected chi connectivity index (χ3v) is 2.89. The van der Waals surface area contributed by atoms with Gasteiger partial charge in [-0.05, 0) is 12.1 Å². The van der Waals surface area contributed by atoms with Gasteiger partial charge in [0.1, 0.15) is 12.7 Å². The molecule has 0 bridgehead atoms. The molecular weight excluding hydrogens is 236 g/mol. The van der Waals surface area contributed by atoms with Gasteiger partial charge in [-0.15, -0.1) is 11.3 Å². The largest absolute Gasteiger partial charge is 0.375 e. The van der Waals surface area contributed by atoms with Crippen molar-refractivity contribution in [1.29, 1.82) is 0 Å². The summed E-state index contributed by atoms with van der Waals surface area (Å²) in [7, 11) is 0. The van der Waals surface area contributed by atoms with Gasteiger partial charge in [0.15, 0.2) is 10.9 Å². The number of nitrogens with zero attached hydrogens (tertiary/aromatic N) is 5. The number of hydrogen-bond donors (Lipinski definition) is 1. The highest BCUT2D eigenvalue weighted by atomic mass is 32.1. The Hall–Kier alpha value is -2.28. The Morgan fingerprint density at radius 2 is 2.24 bits per heavy atom. The van der Waals surface area contributed by atoms with Crippen LogP contribution in [0.25, 0.3) is 17.1 Å². The average molecular weight is 244 g/mol. The van der Waals surface area contributed by atoms with E-state index in [0.717, 1.165) is 17.1 Å². The summed E-state index contributed by atoms with van der Waals surface area (Å²) < 4.78 is 1.60. The molecule has 0 amide bonds. The molecule has 0 radical (unpaired) electrons. The Morgan fingerprint density at radius 3 is 2.82 bits per heavy atom. The van der Waals surface area contributed by atoms with E-state index in [4.69, 9.17) is 5.73 Å². The molecule has 0 atom stereocenters. The van der Waals surface area contributed by atoms with E-state index in [2.05, 4.69) is 20.1 Å². The van der Waals surface area contributed by atoms with Crippen molar-refractivity contribution in [2.75, 3.05) is 5.73 Å². The number of anilines is 1. The molecule has 0 spiro atoms. The molecule has 3 aromatic rings. The molecule has 0 aliphatic rings. The summed E-state index contributed by atoms with van der Waals surface area (Å²) in [5.74, 6) is 0.717. The molecule has 2 N–H and O–H groups in total. The molecule has 3 heterocycles. The van der Waals surface area contributed by atoms with Crippen LogP contribution in [0.1, 0.15) is 0 Å². The fourth-order valence-corrected chi connectivity index (χ4v) is 1.99. The second-order valence-corrected chi connectivity index (χ2v) is 4.21. The van der Waals surface area contributed by atoms with Crippen molar-refractivity contribution >= 4 is 16.5 Å². The van der Waals surface area contributed by atoms with E-state index in [1.165, 1.54) is 17.7 Å². The molecule has 0 aromatic carbocycles. The fraction of sp³-hybridized carbons (Fsp3) is 0. The average Bonchev–Trinajstić information content (AvgIpc) is 3.00. The van der Waals surface area contributed by atoms with Gasteiger partial charge in [0, 0.05) is 17.1 Å². The van der Waals surface area contributed by atoms with E-state index < -0.39 is 0 Å². The number of nitrogens with two attached hydrogens (primary N) is 1. The summed E-state index contributed by atoms with van der Waals surface area (Å²) >= 11 is 1.41. The lowest BCUT2D eigenvalue weighted by Crippen LogP contribution is -1.97. The minimum Gasteiger partial charge on any atom is -0.375 e. The maximum Gasteiger partial charge on any atom is 0.180 e. The van der Waals surface area contributed by atoms with Crippen molar-refractivity contribution < 1.29 is 0 Å². The Kier molecular flexibility index (Phi) is 2.30. The smallest absolute Gasteiger partial charge is 0.180 e. The van der Waals surface area contributed by atoms with Gasteiger partial charge in [0.05, 0.1) is 5.69 Å². The summed E-state index contributed by atoms with van der Waals surface area (Å²) in [6.45, 7) is 0. The predicted octanol–water partition coefficient (Wildman–Crippen LogP) is 1.37. The topological polar surface area (TPSA) is 82.5 Å². The van der Waals surface area contributed by atoms with Crippen LogP contribution in [-0.4, -0.2) is 24.7 Å². The van der Waals surface area contributed by atoms with Crippen LogP contribution in [0, 0.1) is 0 Å². The number of nitrogen functional groups attached to an aromatic ring is 1. The quantitative estimate of drug-likeness (QED) is 0.736. The van der Waals surface area contributed by atoms with Crippen LogP contribution >= 0.6 is 11.3 Å². The van der Waals surface area contributed by atoms with Crippen molar-refractivity contribution in [3.63, 3.8) is 0 Å². The van der Waals surface area contributed by atoms with Crippen LogP contribution in [-0.2, 0) is 0 Å². The molecule has 0 saturated carbocycles. The number of aromatic nitrogens is 5. The van der Waals surface area contributed by atoms with Crippen LogP contribution in [0.2, 0.25) is 0 Å². The van der Waals surface area contributed by atoms with Gasteiger partial charge >= 0.3 is 0 Å². The van der Waals surface area contributed by atoms with Gasteiger partial charge in [-0.3, -0.25) is 0 Å². The first-order valence-electron chi connectivity index (χ1n) is 4.85. The summed E-state index contributed by atoms with van der Waals surface area (Å²) in [5.41, 5.74) is 7.36. The lowest BCUT2D eigenvalue weighted by atomic mass is 10.2. The monoisotopic (exact) mass is 244 g/mol. The Morgan fingerprint density at radius 1 is 1.29 bits per heavy atom. The lowest BCUT2D eigenvalue weighted by Gasteiger charge is -2.00. The van der Waals surface area contributed by atoms with E-state index in [1.54, 1.807) is 17.2 Å². The molecule has 0 saturated heterocycles. The number of thiazole rings is 1. The van der Waals surface area contributed by atoms with E-state index in [9.17, 15) is 0 Å². The fourth-order valence-electron chi connectivity index (χ4n) is 1.42. The number of rotatable bonds is 2. The summed E-state index contributed by atoms with van der Waals surface area (Å²) in [4.78, 5) is 12.4. The standard InChI is InChI=1S/C10H8N6S/c11-10-15-8(4-17-10)7-1-2-9(13-3-7)16-6-12-5-14-16/h1-6H,(H2,11,15). The lowest BCUT2D eigenvalue weighted by molar-refractivity contribution is 0.845. The Balaban J connectivity index is 1.95. The normalized spacial score (nSPS) is 10.6. The molecule has 3 rings (SSSR count). The zero-order chi connectivity index (χ0) is 11.7. The molecule has 0 unspecified atom stereocenters. The van der Waals surface area contributed by atoms with Crippen molar-refractivity contribution in [1.82, 2.24) is 24.7 Å². The second-order valence-electron chi connectivity index (χ2n) is 3.32. The molecule has 7 heteroatoms. The van der Waals surface area contributed by atoms with Crippen LogP contribution in [0.3, 0.4) is 0 Å². The van der Waals surface area contributed by atoms with Gasteiger partial charge in [0.25, 0.3) is 0 Å². The van der Waals surface area contributed by atoms with E-state index in [-0.39, 0.29) is 0 Å². The first-order valence-corrected chi connectivity index (χ1v) is 5.73. The summed E-state index contributed by atoms with van der Waals surface area (Å²) in [6.07, 6.45) is 4.81. The van der Waals surface area contributed by atoms with Gasteiger partial charge in [0.2, 0.25) is 0 Å². The molecule has 84 valence electrons. The highest BCUT2D eigenvalue weighted by Crippen LogP contribution is 2.22. The summed E-state index contributed by atoms with van der Waals surface area (Å²) in [5, 5.41) is 6.46.